The lowest BCUT2D eigenvalue weighted by Gasteiger charge is -2.22. The van der Waals surface area contributed by atoms with Crippen molar-refractivity contribution in [2.75, 3.05) is 13.7 Å². The first-order valence-electron chi connectivity index (χ1n) is 9.88. The summed E-state index contributed by atoms with van der Waals surface area (Å²) in [7, 11) is 1.35. The number of benzene rings is 2. The lowest BCUT2D eigenvalue weighted by atomic mass is 9.89. The fourth-order valence-corrected chi connectivity index (χ4v) is 3.67. The maximum atomic E-state index is 12.4. The molecule has 0 aliphatic heterocycles. The zero-order valence-corrected chi connectivity index (χ0v) is 16.8. The second-order valence-electron chi connectivity index (χ2n) is 7.14. The summed E-state index contributed by atoms with van der Waals surface area (Å²) in [5.41, 5.74) is 3.76. The van der Waals surface area contributed by atoms with Crippen molar-refractivity contribution in [2.45, 2.75) is 45.1 Å². The monoisotopic (exact) mass is 398 g/mol. The van der Waals surface area contributed by atoms with Gasteiger partial charge in [0.15, 0.2) is 6.61 Å². The molecule has 2 aromatic carbocycles. The van der Waals surface area contributed by atoms with Crippen LogP contribution in [-0.4, -0.2) is 24.5 Å². The third kappa shape index (κ3) is 5.04. The van der Waals surface area contributed by atoms with Crippen LogP contribution in [0.2, 0.25) is 0 Å². The Hall–Kier alpha value is -3.09. The van der Waals surface area contributed by atoms with Crippen molar-refractivity contribution in [2.24, 2.45) is 0 Å². The van der Waals surface area contributed by atoms with Gasteiger partial charge in [-0.15, -0.1) is 0 Å². The van der Waals surface area contributed by atoms with Gasteiger partial charge in [0.1, 0.15) is 5.75 Å². The molecule has 7 nitrogen and oxygen atoms in total. The minimum atomic E-state index is -0.528. The molecule has 154 valence electrons. The number of nitro benzene ring substituents is 1. The lowest BCUT2D eigenvalue weighted by Crippen LogP contribution is -2.32. The Labute approximate surface area is 170 Å². The van der Waals surface area contributed by atoms with Gasteiger partial charge >= 0.3 is 5.69 Å². The number of methoxy groups -OCH3 is 1. The molecule has 1 amide bonds. The van der Waals surface area contributed by atoms with Crippen LogP contribution in [-0.2, 0) is 17.6 Å². The molecule has 0 heterocycles. The quantitative estimate of drug-likeness (QED) is 0.533. The van der Waals surface area contributed by atoms with Crippen molar-refractivity contribution < 1.29 is 19.2 Å². The molecule has 3 rings (SSSR count). The van der Waals surface area contributed by atoms with Gasteiger partial charge in [0.25, 0.3) is 5.91 Å². The molecule has 0 bridgehead atoms. The van der Waals surface area contributed by atoms with E-state index in [1.165, 1.54) is 49.3 Å². The summed E-state index contributed by atoms with van der Waals surface area (Å²) in [6.07, 6.45) is 5.46. The van der Waals surface area contributed by atoms with Gasteiger partial charge in [-0.3, -0.25) is 14.9 Å². The Balaban J connectivity index is 1.61. The molecular weight excluding hydrogens is 372 g/mol. The molecule has 29 heavy (non-hydrogen) atoms. The van der Waals surface area contributed by atoms with Crippen LogP contribution in [0.4, 0.5) is 5.69 Å². The van der Waals surface area contributed by atoms with E-state index < -0.39 is 4.92 Å². The molecule has 1 N–H and O–H groups in total. The molecule has 1 unspecified atom stereocenters. The van der Waals surface area contributed by atoms with Crippen LogP contribution in [0.15, 0.2) is 36.4 Å². The molecule has 1 aliphatic rings. The predicted octanol–water partition coefficient (Wildman–Crippen LogP) is 4.13. The van der Waals surface area contributed by atoms with E-state index in [1.807, 2.05) is 6.92 Å². The van der Waals surface area contributed by atoms with E-state index in [-0.39, 0.29) is 30.0 Å². The highest BCUT2D eigenvalue weighted by Crippen LogP contribution is 2.31. The van der Waals surface area contributed by atoms with Gasteiger partial charge in [0.2, 0.25) is 5.75 Å². The normalized spacial score (nSPS) is 13.9. The van der Waals surface area contributed by atoms with Crippen LogP contribution < -0.4 is 14.8 Å². The van der Waals surface area contributed by atoms with Gasteiger partial charge in [0.05, 0.1) is 18.1 Å². The molecule has 0 fully saturated rings. The van der Waals surface area contributed by atoms with Crippen LogP contribution >= 0.6 is 0 Å². The first-order chi connectivity index (χ1) is 14.0. The Bertz CT molecular complexity index is 897. The zero-order chi connectivity index (χ0) is 20.8. The zero-order valence-electron chi connectivity index (χ0n) is 16.8. The number of hydrogen-bond donors (Lipinski definition) is 1. The van der Waals surface area contributed by atoms with Gasteiger partial charge in [-0.1, -0.05) is 25.1 Å². The largest absolute Gasteiger partial charge is 0.490 e. The molecular formula is C22H26N2O5. The standard InChI is InChI=1S/C22H26N2O5/c1-3-19(17-9-8-15-6-4-5-7-16(15)12-17)23-22(25)14-29-18-10-11-20(24(26)27)21(13-18)28-2/h8-13,19H,3-7,14H2,1-2H3,(H,23,25). The van der Waals surface area contributed by atoms with E-state index in [0.29, 0.717) is 5.75 Å². The minimum absolute atomic E-state index is 0.0790. The highest BCUT2D eigenvalue weighted by molar-refractivity contribution is 5.78. The second kappa shape index (κ2) is 9.41. The molecule has 1 aliphatic carbocycles. The lowest BCUT2D eigenvalue weighted by molar-refractivity contribution is -0.385. The highest BCUT2D eigenvalue weighted by Gasteiger charge is 2.18. The number of rotatable bonds is 8. The number of carbonyl (C=O) groups is 1. The van der Waals surface area contributed by atoms with Crippen molar-refractivity contribution in [1.29, 1.82) is 0 Å². The smallest absolute Gasteiger partial charge is 0.311 e. The number of fused-ring (bicyclic) bond motifs is 1. The van der Waals surface area contributed by atoms with E-state index >= 15 is 0 Å². The van der Waals surface area contributed by atoms with Gasteiger partial charge < -0.3 is 14.8 Å². The summed E-state index contributed by atoms with van der Waals surface area (Å²) in [5, 5.41) is 14.0. The number of aryl methyl sites for hydroxylation is 2. The summed E-state index contributed by atoms with van der Waals surface area (Å²) in [6, 6.07) is 10.6. The van der Waals surface area contributed by atoms with Crippen LogP contribution in [0, 0.1) is 10.1 Å². The molecule has 0 radical (unpaired) electrons. The number of hydrogen-bond acceptors (Lipinski definition) is 5. The maximum Gasteiger partial charge on any atom is 0.311 e. The molecule has 7 heteroatoms. The van der Waals surface area contributed by atoms with E-state index in [0.717, 1.165) is 24.8 Å². The summed E-state index contributed by atoms with van der Waals surface area (Å²) in [4.78, 5) is 22.8. The van der Waals surface area contributed by atoms with Gasteiger partial charge in [-0.2, -0.15) is 0 Å². The predicted molar refractivity (Wildman–Crippen MR) is 109 cm³/mol. The van der Waals surface area contributed by atoms with Crippen molar-refractivity contribution >= 4 is 11.6 Å². The molecule has 0 spiro atoms. The Morgan fingerprint density at radius 1 is 1.17 bits per heavy atom. The summed E-state index contributed by atoms with van der Waals surface area (Å²) < 4.78 is 10.5. The Morgan fingerprint density at radius 3 is 2.62 bits per heavy atom. The average molecular weight is 398 g/mol. The third-order valence-electron chi connectivity index (χ3n) is 5.24. The van der Waals surface area contributed by atoms with Crippen molar-refractivity contribution in [3.05, 3.63) is 63.2 Å². The van der Waals surface area contributed by atoms with Crippen LogP contribution in [0.5, 0.6) is 11.5 Å². The number of carbonyl (C=O) groups excluding carboxylic acids is 1. The summed E-state index contributed by atoms with van der Waals surface area (Å²) >= 11 is 0. The summed E-state index contributed by atoms with van der Waals surface area (Å²) in [5.74, 6) is 0.185. The first-order valence-corrected chi connectivity index (χ1v) is 9.88. The first kappa shape index (κ1) is 20.6. The number of amides is 1. The number of nitro groups is 1. The minimum Gasteiger partial charge on any atom is -0.490 e. The van der Waals surface area contributed by atoms with E-state index in [1.54, 1.807) is 0 Å². The molecule has 2 aromatic rings. The fraction of sp³-hybridized carbons (Fsp3) is 0.409. The molecule has 0 saturated heterocycles. The van der Waals surface area contributed by atoms with Crippen molar-refractivity contribution in [3.63, 3.8) is 0 Å². The van der Waals surface area contributed by atoms with E-state index in [9.17, 15) is 14.9 Å². The van der Waals surface area contributed by atoms with E-state index in [4.69, 9.17) is 9.47 Å². The number of nitrogens with zero attached hydrogens (tertiary/aromatic N) is 1. The highest BCUT2D eigenvalue weighted by atomic mass is 16.6. The van der Waals surface area contributed by atoms with Crippen LogP contribution in [0.1, 0.15) is 48.9 Å². The number of nitrogens with one attached hydrogen (secondary N) is 1. The van der Waals surface area contributed by atoms with E-state index in [2.05, 4.69) is 23.5 Å². The van der Waals surface area contributed by atoms with Crippen LogP contribution in [0.25, 0.3) is 0 Å². The topological polar surface area (TPSA) is 90.7 Å². The average Bonchev–Trinajstić information content (AvgIpc) is 2.75. The Kier molecular flexibility index (Phi) is 6.69. The molecule has 0 aromatic heterocycles. The second-order valence-corrected chi connectivity index (χ2v) is 7.14. The molecule has 1 atom stereocenters. The fourth-order valence-electron chi connectivity index (χ4n) is 3.67. The SMILES string of the molecule is CCC(NC(=O)COc1ccc([N+](=O)[O-])c(OC)c1)c1ccc2c(c1)CCCC2. The third-order valence-corrected chi connectivity index (χ3v) is 5.24. The van der Waals surface area contributed by atoms with Gasteiger partial charge in [-0.25, -0.2) is 0 Å². The molecule has 0 saturated carbocycles. The van der Waals surface area contributed by atoms with Gasteiger partial charge in [0, 0.05) is 12.1 Å². The Morgan fingerprint density at radius 2 is 1.93 bits per heavy atom. The van der Waals surface area contributed by atoms with Gasteiger partial charge in [-0.05, 0) is 54.9 Å². The van der Waals surface area contributed by atoms with Crippen molar-refractivity contribution in [3.8, 4) is 11.5 Å². The van der Waals surface area contributed by atoms with Crippen LogP contribution in [0.3, 0.4) is 0 Å². The summed E-state index contributed by atoms with van der Waals surface area (Å²) in [6.45, 7) is 1.86. The number of ether oxygens (including phenoxy) is 2. The van der Waals surface area contributed by atoms with Crippen molar-refractivity contribution in [1.82, 2.24) is 5.32 Å². The maximum absolute atomic E-state index is 12.4.